The zero-order valence-corrected chi connectivity index (χ0v) is 12.5. The van der Waals surface area contributed by atoms with Crippen LogP contribution in [-0.2, 0) is 17.6 Å². The molecule has 4 heteroatoms. The molecular weight excluding hydrogens is 266 g/mol. The monoisotopic (exact) mass is 289 g/mol. The molecule has 2 aliphatic rings. The highest BCUT2D eigenvalue weighted by molar-refractivity contribution is 5.77. The van der Waals surface area contributed by atoms with Crippen molar-refractivity contribution >= 4 is 5.91 Å². The molecule has 4 nitrogen and oxygen atoms in total. The summed E-state index contributed by atoms with van der Waals surface area (Å²) in [5, 5.41) is 9.27. The molecule has 1 saturated carbocycles. The third-order valence-electron chi connectivity index (χ3n) is 4.60. The van der Waals surface area contributed by atoms with Crippen molar-refractivity contribution < 1.29 is 14.6 Å². The minimum atomic E-state index is -0.166. The Kier molecular flexibility index (Phi) is 4.15. The van der Waals surface area contributed by atoms with Gasteiger partial charge < -0.3 is 14.7 Å². The summed E-state index contributed by atoms with van der Waals surface area (Å²) in [5.41, 5.74) is 2.77. The first-order valence-corrected chi connectivity index (χ1v) is 7.78. The van der Waals surface area contributed by atoms with E-state index in [1.54, 1.807) is 11.9 Å². The molecule has 1 aromatic carbocycles. The number of carbonyl (C=O) groups excluding carboxylic acids is 1. The van der Waals surface area contributed by atoms with Gasteiger partial charge in [0.2, 0.25) is 0 Å². The SMILES string of the molecule is CN(CC1CC(O)C1)C(=O)COc1ccc2c(c1)CCC2. The molecule has 21 heavy (non-hydrogen) atoms. The molecular formula is C17H23NO3. The highest BCUT2D eigenvalue weighted by Gasteiger charge is 2.29. The van der Waals surface area contributed by atoms with Crippen molar-refractivity contribution in [3.05, 3.63) is 29.3 Å². The van der Waals surface area contributed by atoms with Gasteiger partial charge >= 0.3 is 0 Å². The van der Waals surface area contributed by atoms with Crippen molar-refractivity contribution in [2.45, 2.75) is 38.2 Å². The van der Waals surface area contributed by atoms with Crippen LogP contribution in [0.1, 0.15) is 30.4 Å². The first kappa shape index (κ1) is 14.4. The van der Waals surface area contributed by atoms with Crippen molar-refractivity contribution in [3.63, 3.8) is 0 Å². The fourth-order valence-electron chi connectivity index (χ4n) is 3.23. The topological polar surface area (TPSA) is 49.8 Å². The number of hydrogen-bond acceptors (Lipinski definition) is 3. The largest absolute Gasteiger partial charge is 0.484 e. The molecule has 2 aliphatic carbocycles. The summed E-state index contributed by atoms with van der Waals surface area (Å²) in [5.74, 6) is 1.22. The Labute approximate surface area is 125 Å². The number of nitrogens with zero attached hydrogens (tertiary/aromatic N) is 1. The van der Waals surface area contributed by atoms with Gasteiger partial charge in [-0.05, 0) is 61.3 Å². The zero-order valence-electron chi connectivity index (χ0n) is 12.5. The van der Waals surface area contributed by atoms with Crippen LogP contribution in [0.15, 0.2) is 18.2 Å². The fourth-order valence-corrected chi connectivity index (χ4v) is 3.23. The molecule has 1 aromatic rings. The number of benzene rings is 1. The molecule has 114 valence electrons. The highest BCUT2D eigenvalue weighted by Crippen LogP contribution is 2.28. The summed E-state index contributed by atoms with van der Waals surface area (Å²) >= 11 is 0. The van der Waals surface area contributed by atoms with E-state index < -0.39 is 0 Å². The minimum Gasteiger partial charge on any atom is -0.484 e. The van der Waals surface area contributed by atoms with E-state index in [9.17, 15) is 9.90 Å². The van der Waals surface area contributed by atoms with Crippen molar-refractivity contribution in [2.75, 3.05) is 20.2 Å². The Morgan fingerprint density at radius 1 is 1.33 bits per heavy atom. The number of fused-ring (bicyclic) bond motifs is 1. The molecule has 0 spiro atoms. The highest BCUT2D eigenvalue weighted by atomic mass is 16.5. The zero-order chi connectivity index (χ0) is 14.8. The lowest BCUT2D eigenvalue weighted by Crippen LogP contribution is -2.41. The smallest absolute Gasteiger partial charge is 0.260 e. The predicted octanol–water partition coefficient (Wildman–Crippen LogP) is 1.78. The number of ether oxygens (including phenoxy) is 1. The maximum Gasteiger partial charge on any atom is 0.260 e. The van der Waals surface area contributed by atoms with Gasteiger partial charge in [0.15, 0.2) is 6.61 Å². The second-order valence-corrected chi connectivity index (χ2v) is 6.34. The number of likely N-dealkylation sites (N-methyl/N-ethyl adjacent to an activating group) is 1. The van der Waals surface area contributed by atoms with Gasteiger partial charge in [0.1, 0.15) is 5.75 Å². The lowest BCUT2D eigenvalue weighted by molar-refractivity contribution is -0.133. The first-order chi connectivity index (χ1) is 10.1. The summed E-state index contributed by atoms with van der Waals surface area (Å²) in [6, 6.07) is 6.14. The van der Waals surface area contributed by atoms with E-state index >= 15 is 0 Å². The molecule has 0 unspecified atom stereocenters. The van der Waals surface area contributed by atoms with Gasteiger partial charge in [-0.1, -0.05) is 6.07 Å². The maximum absolute atomic E-state index is 12.0. The van der Waals surface area contributed by atoms with Crippen LogP contribution >= 0.6 is 0 Å². The number of aryl methyl sites for hydroxylation is 2. The first-order valence-electron chi connectivity index (χ1n) is 7.78. The molecule has 0 bridgehead atoms. The molecule has 1 fully saturated rings. The molecule has 0 heterocycles. The van der Waals surface area contributed by atoms with E-state index in [-0.39, 0.29) is 18.6 Å². The van der Waals surface area contributed by atoms with Crippen LogP contribution in [0.3, 0.4) is 0 Å². The van der Waals surface area contributed by atoms with E-state index in [0.717, 1.165) is 31.4 Å². The van der Waals surface area contributed by atoms with Crippen molar-refractivity contribution in [3.8, 4) is 5.75 Å². The van der Waals surface area contributed by atoms with Crippen molar-refractivity contribution in [2.24, 2.45) is 5.92 Å². The standard InChI is InChI=1S/C17H23NO3/c1-18(10-12-7-15(19)8-12)17(20)11-21-16-6-5-13-3-2-4-14(13)9-16/h5-6,9,12,15,19H,2-4,7-8,10-11H2,1H3. The number of carbonyl (C=O) groups is 1. The third-order valence-corrected chi connectivity index (χ3v) is 4.60. The maximum atomic E-state index is 12.0. The van der Waals surface area contributed by atoms with Crippen LogP contribution < -0.4 is 4.74 Å². The van der Waals surface area contributed by atoms with Gasteiger partial charge in [-0.25, -0.2) is 0 Å². The van der Waals surface area contributed by atoms with Gasteiger partial charge in [0.25, 0.3) is 5.91 Å². The Bertz CT molecular complexity index is 523. The van der Waals surface area contributed by atoms with Gasteiger partial charge in [-0.15, -0.1) is 0 Å². The van der Waals surface area contributed by atoms with Crippen molar-refractivity contribution in [1.29, 1.82) is 0 Å². The van der Waals surface area contributed by atoms with E-state index in [1.807, 2.05) is 6.07 Å². The molecule has 3 rings (SSSR count). The van der Waals surface area contributed by atoms with Crippen LogP contribution in [0.2, 0.25) is 0 Å². The predicted molar refractivity (Wildman–Crippen MR) is 80.3 cm³/mol. The molecule has 0 radical (unpaired) electrons. The molecule has 0 atom stereocenters. The lowest BCUT2D eigenvalue weighted by Gasteiger charge is -2.34. The second-order valence-electron chi connectivity index (χ2n) is 6.34. The van der Waals surface area contributed by atoms with Gasteiger partial charge in [-0.2, -0.15) is 0 Å². The Balaban J connectivity index is 1.46. The van der Waals surface area contributed by atoms with Crippen LogP contribution in [0.5, 0.6) is 5.75 Å². The number of aliphatic hydroxyl groups excluding tert-OH is 1. The summed E-state index contributed by atoms with van der Waals surface area (Å²) in [7, 11) is 1.80. The summed E-state index contributed by atoms with van der Waals surface area (Å²) in [6.45, 7) is 0.800. The Morgan fingerprint density at radius 2 is 2.10 bits per heavy atom. The second kappa shape index (κ2) is 6.06. The third kappa shape index (κ3) is 3.38. The quantitative estimate of drug-likeness (QED) is 0.899. The molecule has 0 aromatic heterocycles. The Morgan fingerprint density at radius 3 is 2.86 bits per heavy atom. The van der Waals surface area contributed by atoms with Gasteiger partial charge in [-0.3, -0.25) is 4.79 Å². The van der Waals surface area contributed by atoms with Crippen LogP contribution in [-0.4, -0.2) is 42.2 Å². The Hall–Kier alpha value is -1.55. The summed E-state index contributed by atoms with van der Waals surface area (Å²) in [4.78, 5) is 13.8. The fraction of sp³-hybridized carbons (Fsp3) is 0.588. The normalized spacial score (nSPS) is 23.3. The minimum absolute atomic E-state index is 0.00288. The van der Waals surface area contributed by atoms with E-state index in [1.165, 1.54) is 17.5 Å². The molecule has 1 N–H and O–H groups in total. The molecule has 0 saturated heterocycles. The molecule has 1 amide bonds. The lowest BCUT2D eigenvalue weighted by atomic mass is 9.82. The van der Waals surface area contributed by atoms with Crippen molar-refractivity contribution in [1.82, 2.24) is 4.90 Å². The van der Waals surface area contributed by atoms with E-state index in [0.29, 0.717) is 12.5 Å². The average Bonchev–Trinajstić information content (AvgIpc) is 2.90. The summed E-state index contributed by atoms with van der Waals surface area (Å²) in [6.07, 6.45) is 4.94. The molecule has 0 aliphatic heterocycles. The number of aliphatic hydroxyl groups is 1. The average molecular weight is 289 g/mol. The van der Waals surface area contributed by atoms with Crippen LogP contribution in [0.25, 0.3) is 0 Å². The van der Waals surface area contributed by atoms with E-state index in [4.69, 9.17) is 4.74 Å². The number of rotatable bonds is 5. The number of hydrogen-bond donors (Lipinski definition) is 1. The van der Waals surface area contributed by atoms with Gasteiger partial charge in [0.05, 0.1) is 6.10 Å². The van der Waals surface area contributed by atoms with Crippen LogP contribution in [0.4, 0.5) is 0 Å². The van der Waals surface area contributed by atoms with E-state index in [2.05, 4.69) is 12.1 Å². The van der Waals surface area contributed by atoms with Crippen LogP contribution in [0, 0.1) is 5.92 Å². The summed E-state index contributed by atoms with van der Waals surface area (Å²) < 4.78 is 5.63. The van der Waals surface area contributed by atoms with Gasteiger partial charge in [0, 0.05) is 13.6 Å². The number of amides is 1.